The molecule has 1 amide bonds. The maximum absolute atomic E-state index is 11.6. The number of hydrogen-bond acceptors (Lipinski definition) is 1. The minimum Gasteiger partial charge on any atom is -0.349 e. The van der Waals surface area contributed by atoms with Crippen molar-refractivity contribution in [2.45, 2.75) is 38.1 Å². The smallest absolute Gasteiger partial charge is 0.259 e. The largest absolute Gasteiger partial charge is 0.349 e. The normalized spacial score (nSPS) is 16.9. The molecule has 0 radical (unpaired) electrons. The third kappa shape index (κ3) is 2.90. The van der Waals surface area contributed by atoms with Gasteiger partial charge in [-0.15, -0.1) is 5.73 Å². The Morgan fingerprint density at radius 3 is 2.50 bits per heavy atom. The number of rotatable bonds is 3. The maximum atomic E-state index is 11.6. The van der Waals surface area contributed by atoms with Crippen LogP contribution in [0.15, 0.2) is 30.5 Å². The molecule has 1 aliphatic carbocycles. The van der Waals surface area contributed by atoms with Crippen molar-refractivity contribution in [2.75, 3.05) is 0 Å². The molecule has 2 nitrogen and oxygen atoms in total. The first-order chi connectivity index (χ1) is 6.77. The first kappa shape index (κ1) is 10.8. The van der Waals surface area contributed by atoms with E-state index in [4.69, 9.17) is 0 Å². The molecule has 14 heavy (non-hydrogen) atoms. The van der Waals surface area contributed by atoms with Crippen LogP contribution in [0.2, 0.25) is 0 Å². The van der Waals surface area contributed by atoms with Crippen molar-refractivity contribution < 1.29 is 4.79 Å². The molecule has 0 spiro atoms. The maximum Gasteiger partial charge on any atom is 0.259 e. The molecule has 1 aliphatic rings. The molecule has 0 heterocycles. The first-order valence-electron chi connectivity index (χ1n) is 5.11. The summed E-state index contributed by atoms with van der Waals surface area (Å²) in [6, 6.07) is 0.333. The molecule has 0 aromatic rings. The highest BCUT2D eigenvalue weighted by Gasteiger charge is 2.16. The van der Waals surface area contributed by atoms with E-state index >= 15 is 0 Å². The van der Waals surface area contributed by atoms with E-state index in [1.165, 1.54) is 25.3 Å². The zero-order chi connectivity index (χ0) is 10.4. The SMILES string of the molecule is C=C=C(C=C)C(=O)NC1CCCCC1. The summed E-state index contributed by atoms with van der Waals surface area (Å²) in [6.07, 6.45) is 7.39. The van der Waals surface area contributed by atoms with Crippen molar-refractivity contribution in [2.24, 2.45) is 0 Å². The second kappa shape index (κ2) is 5.46. The molecule has 76 valence electrons. The second-order valence-corrected chi connectivity index (χ2v) is 3.60. The number of nitrogens with one attached hydrogen (secondary N) is 1. The first-order valence-corrected chi connectivity index (χ1v) is 5.11. The summed E-state index contributed by atoms with van der Waals surface area (Å²) in [7, 11) is 0. The zero-order valence-electron chi connectivity index (χ0n) is 8.51. The summed E-state index contributed by atoms with van der Waals surface area (Å²) >= 11 is 0. The van der Waals surface area contributed by atoms with Gasteiger partial charge in [0.05, 0.1) is 5.57 Å². The molecule has 0 aromatic carbocycles. The molecule has 2 heteroatoms. The fraction of sp³-hybridized carbons (Fsp3) is 0.500. The molecule has 0 unspecified atom stereocenters. The van der Waals surface area contributed by atoms with Crippen molar-refractivity contribution in [3.05, 3.63) is 30.5 Å². The lowest BCUT2D eigenvalue weighted by Crippen LogP contribution is -2.36. The van der Waals surface area contributed by atoms with E-state index in [2.05, 4.69) is 24.2 Å². The molecule has 1 fully saturated rings. The van der Waals surface area contributed by atoms with Gasteiger partial charge in [0.1, 0.15) is 0 Å². The van der Waals surface area contributed by atoms with Crippen LogP contribution in [0, 0.1) is 0 Å². The fourth-order valence-electron chi connectivity index (χ4n) is 1.76. The number of hydrogen-bond donors (Lipinski definition) is 1. The van der Waals surface area contributed by atoms with E-state index in [0.29, 0.717) is 11.6 Å². The van der Waals surface area contributed by atoms with Crippen LogP contribution in [0.25, 0.3) is 0 Å². The van der Waals surface area contributed by atoms with Gasteiger partial charge in [-0.2, -0.15) is 0 Å². The van der Waals surface area contributed by atoms with Crippen LogP contribution >= 0.6 is 0 Å². The van der Waals surface area contributed by atoms with Crippen LogP contribution in [0.1, 0.15) is 32.1 Å². The van der Waals surface area contributed by atoms with Crippen LogP contribution in [-0.4, -0.2) is 11.9 Å². The van der Waals surface area contributed by atoms with Gasteiger partial charge in [0.15, 0.2) is 0 Å². The second-order valence-electron chi connectivity index (χ2n) is 3.60. The van der Waals surface area contributed by atoms with Crippen molar-refractivity contribution >= 4 is 5.91 Å². The van der Waals surface area contributed by atoms with Gasteiger partial charge in [-0.25, -0.2) is 0 Å². The lowest BCUT2D eigenvalue weighted by Gasteiger charge is -2.22. The molecular formula is C12H17NO. The van der Waals surface area contributed by atoms with E-state index in [1.807, 2.05) is 0 Å². The Morgan fingerprint density at radius 1 is 1.36 bits per heavy atom. The van der Waals surface area contributed by atoms with Gasteiger partial charge in [0.2, 0.25) is 0 Å². The van der Waals surface area contributed by atoms with Crippen LogP contribution in [0.3, 0.4) is 0 Å². The van der Waals surface area contributed by atoms with E-state index in [0.717, 1.165) is 12.8 Å². The predicted octanol–water partition coefficient (Wildman–Crippen LogP) is 2.33. The van der Waals surface area contributed by atoms with Crippen molar-refractivity contribution in [1.82, 2.24) is 5.32 Å². The molecule has 0 aromatic heterocycles. The van der Waals surface area contributed by atoms with Gasteiger partial charge >= 0.3 is 0 Å². The summed E-state index contributed by atoms with van der Waals surface area (Å²) in [5, 5.41) is 2.97. The van der Waals surface area contributed by atoms with Crippen LogP contribution in [-0.2, 0) is 4.79 Å². The Morgan fingerprint density at radius 2 is 2.00 bits per heavy atom. The van der Waals surface area contributed by atoms with Gasteiger partial charge in [-0.3, -0.25) is 4.79 Å². The van der Waals surface area contributed by atoms with Gasteiger partial charge in [0, 0.05) is 6.04 Å². The molecular weight excluding hydrogens is 174 g/mol. The highest BCUT2D eigenvalue weighted by atomic mass is 16.1. The molecule has 1 saturated carbocycles. The molecule has 0 bridgehead atoms. The third-order valence-corrected chi connectivity index (χ3v) is 2.58. The lowest BCUT2D eigenvalue weighted by molar-refractivity contribution is -0.118. The lowest BCUT2D eigenvalue weighted by atomic mass is 9.95. The van der Waals surface area contributed by atoms with Crippen LogP contribution < -0.4 is 5.32 Å². The standard InChI is InChI=1S/C12H17NO/c1-3-10(4-2)12(14)13-11-8-6-5-7-9-11/h3,11H,1-2,5-9H2,(H,13,14). The third-order valence-electron chi connectivity index (χ3n) is 2.58. The monoisotopic (exact) mass is 191 g/mol. The average Bonchev–Trinajstić information content (AvgIpc) is 2.21. The van der Waals surface area contributed by atoms with Gasteiger partial charge in [-0.05, 0) is 18.9 Å². The molecule has 0 atom stereocenters. The summed E-state index contributed by atoms with van der Waals surface area (Å²) < 4.78 is 0. The van der Waals surface area contributed by atoms with Crippen molar-refractivity contribution in [3.8, 4) is 0 Å². The molecule has 1 N–H and O–H groups in total. The van der Waals surface area contributed by atoms with Crippen LogP contribution in [0.4, 0.5) is 0 Å². The minimum atomic E-state index is -0.0955. The van der Waals surface area contributed by atoms with E-state index in [-0.39, 0.29) is 5.91 Å². The van der Waals surface area contributed by atoms with Gasteiger partial charge < -0.3 is 5.32 Å². The Hall–Kier alpha value is -1.27. The minimum absolute atomic E-state index is 0.0955. The molecule has 1 rings (SSSR count). The van der Waals surface area contributed by atoms with Crippen molar-refractivity contribution in [3.63, 3.8) is 0 Å². The molecule has 0 aliphatic heterocycles. The van der Waals surface area contributed by atoms with Gasteiger partial charge in [0.25, 0.3) is 5.91 Å². The average molecular weight is 191 g/mol. The Kier molecular flexibility index (Phi) is 4.21. The number of amides is 1. The Balaban J connectivity index is 2.46. The summed E-state index contributed by atoms with van der Waals surface area (Å²) in [6.45, 7) is 7.00. The summed E-state index contributed by atoms with van der Waals surface area (Å²) in [5.41, 5.74) is 3.02. The number of carbonyl (C=O) groups excluding carboxylic acids is 1. The number of carbonyl (C=O) groups is 1. The van der Waals surface area contributed by atoms with Crippen LogP contribution in [0.5, 0.6) is 0 Å². The summed E-state index contributed by atoms with van der Waals surface area (Å²) in [4.78, 5) is 11.6. The topological polar surface area (TPSA) is 29.1 Å². The Labute approximate surface area is 85.4 Å². The molecule has 0 saturated heterocycles. The van der Waals surface area contributed by atoms with E-state index < -0.39 is 0 Å². The highest BCUT2D eigenvalue weighted by molar-refractivity contribution is 5.95. The predicted molar refractivity (Wildman–Crippen MR) is 57.9 cm³/mol. The highest BCUT2D eigenvalue weighted by Crippen LogP contribution is 2.17. The van der Waals surface area contributed by atoms with E-state index in [1.54, 1.807) is 0 Å². The van der Waals surface area contributed by atoms with Gasteiger partial charge in [-0.1, -0.05) is 32.4 Å². The zero-order valence-corrected chi connectivity index (χ0v) is 8.51. The quantitative estimate of drug-likeness (QED) is 0.414. The summed E-state index contributed by atoms with van der Waals surface area (Å²) in [5.74, 6) is -0.0955. The Bertz CT molecular complexity index is 268. The van der Waals surface area contributed by atoms with E-state index in [9.17, 15) is 4.79 Å². The van der Waals surface area contributed by atoms with Crippen molar-refractivity contribution in [1.29, 1.82) is 0 Å². The fourth-order valence-corrected chi connectivity index (χ4v) is 1.76.